The number of rotatable bonds is 8. The summed E-state index contributed by atoms with van der Waals surface area (Å²) in [5.74, 6) is 2.56. The summed E-state index contributed by atoms with van der Waals surface area (Å²) in [6.07, 6.45) is 1.31. The largest absolute Gasteiger partial charge is 0.497 e. The van der Waals surface area contributed by atoms with Crippen LogP contribution in [0.3, 0.4) is 0 Å². The number of nitrogens with one attached hydrogen (secondary N) is 1. The maximum atomic E-state index is 11.5. The average molecular weight is 385 g/mol. The van der Waals surface area contributed by atoms with Crippen molar-refractivity contribution in [1.29, 1.82) is 0 Å². The van der Waals surface area contributed by atoms with Gasteiger partial charge in [0.2, 0.25) is 5.91 Å². The van der Waals surface area contributed by atoms with Crippen LogP contribution in [0.2, 0.25) is 0 Å². The van der Waals surface area contributed by atoms with E-state index in [-0.39, 0.29) is 11.7 Å². The lowest BCUT2D eigenvalue weighted by Crippen LogP contribution is -2.26. The molecule has 0 saturated carbocycles. The number of hydrogen-bond acceptors (Lipinski definition) is 5. The maximum Gasteiger partial charge on any atom is 0.229 e. The van der Waals surface area contributed by atoms with E-state index in [4.69, 9.17) is 13.9 Å². The summed E-state index contributed by atoms with van der Waals surface area (Å²) < 4.78 is 16.8. The molecule has 5 nitrogen and oxygen atoms in total. The van der Waals surface area contributed by atoms with Gasteiger partial charge in [0.05, 0.1) is 20.0 Å². The van der Waals surface area contributed by atoms with Gasteiger partial charge in [0.1, 0.15) is 22.8 Å². The molecule has 0 bridgehead atoms. The van der Waals surface area contributed by atoms with E-state index in [0.717, 1.165) is 39.4 Å². The molecule has 2 aromatic carbocycles. The van der Waals surface area contributed by atoms with Crippen molar-refractivity contribution in [1.82, 2.24) is 5.32 Å². The molecule has 1 N–H and O–H groups in total. The van der Waals surface area contributed by atoms with E-state index >= 15 is 0 Å². The van der Waals surface area contributed by atoms with Crippen LogP contribution in [-0.4, -0.2) is 32.4 Å². The zero-order valence-electron chi connectivity index (χ0n) is 15.5. The summed E-state index contributed by atoms with van der Waals surface area (Å²) in [6, 6.07) is 13.7. The molecular weight excluding hydrogens is 362 g/mol. The van der Waals surface area contributed by atoms with Crippen LogP contribution in [-0.2, 0) is 17.6 Å². The fraction of sp³-hybridized carbons (Fsp3) is 0.286. The Morgan fingerprint density at radius 3 is 2.63 bits per heavy atom. The van der Waals surface area contributed by atoms with Crippen LogP contribution < -0.4 is 14.8 Å². The number of methoxy groups -OCH3 is 2. The van der Waals surface area contributed by atoms with Crippen LogP contribution in [0.25, 0.3) is 11.0 Å². The smallest absolute Gasteiger partial charge is 0.229 e. The Bertz CT molecular complexity index is 935. The van der Waals surface area contributed by atoms with Crippen LogP contribution in [0.5, 0.6) is 11.5 Å². The molecule has 1 amide bonds. The predicted octanol–water partition coefficient (Wildman–Crippen LogP) is 3.63. The number of hydrogen-bond donors (Lipinski definition) is 2. The normalized spacial score (nSPS) is 10.8. The Kier molecular flexibility index (Phi) is 6.29. The van der Waals surface area contributed by atoms with E-state index in [2.05, 4.69) is 17.9 Å². The van der Waals surface area contributed by atoms with Gasteiger partial charge < -0.3 is 19.2 Å². The first-order valence-electron chi connectivity index (χ1n) is 8.73. The maximum absolute atomic E-state index is 11.5. The fourth-order valence-electron chi connectivity index (χ4n) is 3.07. The molecule has 0 aliphatic rings. The lowest BCUT2D eigenvalue weighted by molar-refractivity contribution is -0.118. The second kappa shape index (κ2) is 8.86. The van der Waals surface area contributed by atoms with Crippen LogP contribution in [0.4, 0.5) is 0 Å². The van der Waals surface area contributed by atoms with Gasteiger partial charge in [-0.2, -0.15) is 12.6 Å². The Morgan fingerprint density at radius 1 is 1.11 bits per heavy atom. The number of carbonyl (C=O) groups is 1. The topological polar surface area (TPSA) is 60.7 Å². The highest BCUT2D eigenvalue weighted by Crippen LogP contribution is 2.31. The molecule has 0 aliphatic carbocycles. The Morgan fingerprint density at radius 2 is 1.89 bits per heavy atom. The van der Waals surface area contributed by atoms with Gasteiger partial charge in [0.15, 0.2) is 0 Å². The number of fused-ring (bicyclic) bond motifs is 1. The molecule has 0 spiro atoms. The predicted molar refractivity (Wildman–Crippen MR) is 109 cm³/mol. The molecular formula is C21H23NO4S. The SMILES string of the molecule is COc1cccc(Cc2oc3ccc(OC)cc3c2CCNC(=O)CS)c1. The van der Waals surface area contributed by atoms with Crippen molar-refractivity contribution in [2.75, 3.05) is 26.5 Å². The van der Waals surface area contributed by atoms with Gasteiger partial charge in [0.25, 0.3) is 0 Å². The minimum atomic E-state index is -0.0851. The van der Waals surface area contributed by atoms with E-state index < -0.39 is 0 Å². The quantitative estimate of drug-likeness (QED) is 0.582. The molecule has 1 aromatic heterocycles. The molecule has 142 valence electrons. The van der Waals surface area contributed by atoms with Crippen LogP contribution in [0.15, 0.2) is 46.9 Å². The zero-order chi connectivity index (χ0) is 19.2. The van der Waals surface area contributed by atoms with E-state index in [1.807, 2.05) is 42.5 Å². The minimum Gasteiger partial charge on any atom is -0.497 e. The van der Waals surface area contributed by atoms with E-state index in [1.54, 1.807) is 14.2 Å². The molecule has 1 heterocycles. The summed E-state index contributed by atoms with van der Waals surface area (Å²) >= 11 is 3.99. The third-order valence-electron chi connectivity index (χ3n) is 4.42. The van der Waals surface area contributed by atoms with Gasteiger partial charge in [-0.15, -0.1) is 0 Å². The summed E-state index contributed by atoms with van der Waals surface area (Å²) in [5, 5.41) is 3.87. The summed E-state index contributed by atoms with van der Waals surface area (Å²) in [6.45, 7) is 0.524. The Labute approximate surface area is 164 Å². The van der Waals surface area contributed by atoms with Crippen LogP contribution in [0.1, 0.15) is 16.9 Å². The molecule has 0 atom stereocenters. The molecule has 3 aromatic rings. The monoisotopic (exact) mass is 385 g/mol. The second-order valence-electron chi connectivity index (χ2n) is 6.15. The highest BCUT2D eigenvalue weighted by atomic mass is 32.1. The Hall–Kier alpha value is -2.60. The van der Waals surface area contributed by atoms with Crippen LogP contribution >= 0.6 is 12.6 Å². The van der Waals surface area contributed by atoms with Gasteiger partial charge in [-0.25, -0.2) is 0 Å². The lowest BCUT2D eigenvalue weighted by Gasteiger charge is -2.07. The highest BCUT2D eigenvalue weighted by molar-refractivity contribution is 7.81. The first kappa shape index (κ1) is 19.2. The van der Waals surface area contributed by atoms with Gasteiger partial charge in [-0.05, 0) is 42.3 Å². The van der Waals surface area contributed by atoms with Crippen molar-refractivity contribution >= 4 is 29.5 Å². The summed E-state index contributed by atoms with van der Waals surface area (Å²) in [5.41, 5.74) is 2.98. The molecule has 27 heavy (non-hydrogen) atoms. The molecule has 6 heteroatoms. The van der Waals surface area contributed by atoms with Crippen LogP contribution in [0, 0.1) is 0 Å². The van der Waals surface area contributed by atoms with Crippen molar-refractivity contribution < 1.29 is 18.7 Å². The third kappa shape index (κ3) is 4.57. The number of carbonyl (C=O) groups excluding carboxylic acids is 1. The standard InChI is InChI=1S/C21H23NO4S/c1-24-15-5-3-4-14(10-15)11-20-17(8-9-22-21(23)13-27)18-12-16(25-2)6-7-19(18)26-20/h3-7,10,12,27H,8-9,11,13H2,1-2H3,(H,22,23). The van der Waals surface area contributed by atoms with E-state index in [0.29, 0.717) is 19.4 Å². The Balaban J connectivity index is 1.94. The highest BCUT2D eigenvalue weighted by Gasteiger charge is 2.16. The molecule has 0 unspecified atom stereocenters. The fourth-order valence-corrected chi connectivity index (χ4v) is 3.18. The van der Waals surface area contributed by atoms with Crippen molar-refractivity contribution in [2.24, 2.45) is 0 Å². The van der Waals surface area contributed by atoms with Gasteiger partial charge in [-0.3, -0.25) is 4.79 Å². The van der Waals surface area contributed by atoms with Gasteiger partial charge >= 0.3 is 0 Å². The summed E-state index contributed by atoms with van der Waals surface area (Å²) in [4.78, 5) is 11.5. The molecule has 0 fully saturated rings. The zero-order valence-corrected chi connectivity index (χ0v) is 16.3. The molecule has 0 saturated heterocycles. The van der Waals surface area contributed by atoms with E-state index in [9.17, 15) is 4.79 Å². The molecule has 0 radical (unpaired) electrons. The molecule has 0 aliphatic heterocycles. The lowest BCUT2D eigenvalue weighted by atomic mass is 10.0. The van der Waals surface area contributed by atoms with E-state index in [1.165, 1.54) is 0 Å². The van der Waals surface area contributed by atoms with Crippen molar-refractivity contribution in [3.05, 3.63) is 59.4 Å². The number of benzene rings is 2. The molecule has 3 rings (SSSR count). The third-order valence-corrected chi connectivity index (χ3v) is 4.71. The number of furan rings is 1. The minimum absolute atomic E-state index is 0.0851. The average Bonchev–Trinajstić information content (AvgIpc) is 3.04. The first-order valence-corrected chi connectivity index (χ1v) is 9.36. The van der Waals surface area contributed by atoms with Crippen molar-refractivity contribution in [3.63, 3.8) is 0 Å². The van der Waals surface area contributed by atoms with Gasteiger partial charge in [-0.1, -0.05) is 12.1 Å². The van der Waals surface area contributed by atoms with Gasteiger partial charge in [0, 0.05) is 23.9 Å². The van der Waals surface area contributed by atoms with Crippen molar-refractivity contribution in [2.45, 2.75) is 12.8 Å². The second-order valence-corrected chi connectivity index (χ2v) is 6.47. The summed E-state index contributed by atoms with van der Waals surface area (Å²) in [7, 11) is 3.30. The first-order chi connectivity index (χ1) is 13.1. The van der Waals surface area contributed by atoms with Crippen molar-refractivity contribution in [3.8, 4) is 11.5 Å². The number of ether oxygens (including phenoxy) is 2. The number of amides is 1. The number of thiol groups is 1.